The molecule has 146 valence electrons. The van der Waals surface area contributed by atoms with Crippen molar-refractivity contribution in [1.29, 1.82) is 0 Å². The van der Waals surface area contributed by atoms with Crippen LogP contribution >= 0.6 is 11.3 Å². The molecular weight excluding hydrogens is 384 g/mol. The highest BCUT2D eigenvalue weighted by molar-refractivity contribution is 7.12. The monoisotopic (exact) mass is 404 g/mol. The summed E-state index contributed by atoms with van der Waals surface area (Å²) in [6.45, 7) is 3.92. The zero-order chi connectivity index (χ0) is 20.2. The van der Waals surface area contributed by atoms with E-state index in [0.717, 1.165) is 11.1 Å². The molecule has 2 unspecified atom stereocenters. The van der Waals surface area contributed by atoms with Crippen LogP contribution in [0, 0.1) is 6.92 Å². The lowest BCUT2D eigenvalue weighted by Gasteiger charge is -2.53. The first kappa shape index (κ1) is 17.9. The number of hydrogen-bond acceptors (Lipinski definition) is 4. The third kappa shape index (κ3) is 2.75. The molecule has 2 atom stereocenters. The molecule has 3 heterocycles. The van der Waals surface area contributed by atoms with Crippen LogP contribution in [0.2, 0.25) is 0 Å². The van der Waals surface area contributed by atoms with Crippen molar-refractivity contribution in [1.82, 2.24) is 4.90 Å². The minimum atomic E-state index is -0.877. The molecule has 1 fully saturated rings. The summed E-state index contributed by atoms with van der Waals surface area (Å²) in [6.07, 6.45) is 0.501. The van der Waals surface area contributed by atoms with Crippen molar-refractivity contribution in [3.63, 3.8) is 0 Å². The topological polar surface area (TPSA) is 49.9 Å². The SMILES string of the molecule is Cc1ccc(N2C(=O)N(C(=O)c3cccs3)C3CC2(C)Oc2ccccc23)cc1. The fourth-order valence-electron chi connectivity index (χ4n) is 4.23. The van der Waals surface area contributed by atoms with E-state index in [1.807, 2.05) is 73.8 Å². The number of benzene rings is 2. The van der Waals surface area contributed by atoms with Gasteiger partial charge in [0, 0.05) is 17.7 Å². The molecule has 2 aliphatic heterocycles. The number of imide groups is 1. The van der Waals surface area contributed by atoms with Crippen molar-refractivity contribution in [3.8, 4) is 5.75 Å². The Kier molecular flexibility index (Phi) is 3.99. The van der Waals surface area contributed by atoms with Crippen LogP contribution in [0.1, 0.15) is 40.2 Å². The van der Waals surface area contributed by atoms with Gasteiger partial charge in [0.1, 0.15) is 5.75 Å². The third-order valence-corrected chi connectivity index (χ3v) is 6.46. The Hall–Kier alpha value is -3.12. The Morgan fingerprint density at radius 3 is 2.59 bits per heavy atom. The van der Waals surface area contributed by atoms with Crippen LogP contribution in [-0.2, 0) is 0 Å². The maximum atomic E-state index is 13.7. The zero-order valence-electron chi connectivity index (χ0n) is 16.2. The second-order valence-corrected chi connectivity index (χ2v) is 8.59. The molecule has 0 N–H and O–H groups in total. The lowest BCUT2D eigenvalue weighted by atomic mass is 9.88. The van der Waals surface area contributed by atoms with Gasteiger partial charge in [-0.2, -0.15) is 0 Å². The number of para-hydroxylation sites is 1. The Morgan fingerprint density at radius 1 is 1.10 bits per heavy atom. The molecule has 6 heteroatoms. The average molecular weight is 404 g/mol. The van der Waals surface area contributed by atoms with Crippen LogP contribution in [0.25, 0.3) is 0 Å². The van der Waals surface area contributed by atoms with Gasteiger partial charge in [-0.3, -0.25) is 14.6 Å². The molecule has 29 heavy (non-hydrogen) atoms. The summed E-state index contributed by atoms with van der Waals surface area (Å²) in [7, 11) is 0. The number of nitrogens with zero attached hydrogens (tertiary/aromatic N) is 2. The Balaban J connectivity index is 1.68. The van der Waals surface area contributed by atoms with Crippen molar-refractivity contribution < 1.29 is 14.3 Å². The van der Waals surface area contributed by atoms with E-state index in [9.17, 15) is 9.59 Å². The molecule has 0 spiro atoms. The minimum Gasteiger partial charge on any atom is -0.467 e. The van der Waals surface area contributed by atoms with Gasteiger partial charge < -0.3 is 4.74 Å². The normalized spacial score (nSPS) is 22.8. The number of fused-ring (bicyclic) bond motifs is 4. The van der Waals surface area contributed by atoms with E-state index < -0.39 is 5.72 Å². The maximum absolute atomic E-state index is 13.7. The lowest BCUT2D eigenvalue weighted by molar-refractivity contribution is 0.00284. The van der Waals surface area contributed by atoms with Gasteiger partial charge in [0.15, 0.2) is 5.72 Å². The van der Waals surface area contributed by atoms with Crippen molar-refractivity contribution in [2.75, 3.05) is 4.90 Å². The Morgan fingerprint density at radius 2 is 1.86 bits per heavy atom. The molecule has 2 bridgehead atoms. The molecule has 3 aromatic rings. The fraction of sp³-hybridized carbons (Fsp3) is 0.217. The van der Waals surface area contributed by atoms with Gasteiger partial charge >= 0.3 is 6.03 Å². The summed E-state index contributed by atoms with van der Waals surface area (Å²) in [5, 5.41) is 1.85. The summed E-state index contributed by atoms with van der Waals surface area (Å²) in [5.74, 6) is 0.436. The smallest absolute Gasteiger partial charge is 0.335 e. The Labute approximate surface area is 173 Å². The number of carbonyl (C=O) groups excluding carboxylic acids is 2. The summed E-state index contributed by atoms with van der Waals surface area (Å²) < 4.78 is 6.35. The van der Waals surface area contributed by atoms with Gasteiger partial charge in [0.2, 0.25) is 0 Å². The van der Waals surface area contributed by atoms with Gasteiger partial charge in [-0.15, -0.1) is 11.3 Å². The van der Waals surface area contributed by atoms with Crippen LogP contribution in [-0.4, -0.2) is 22.6 Å². The predicted molar refractivity (Wildman–Crippen MR) is 112 cm³/mol. The van der Waals surface area contributed by atoms with Crippen LogP contribution in [0.4, 0.5) is 10.5 Å². The maximum Gasteiger partial charge on any atom is 0.335 e. The van der Waals surface area contributed by atoms with Gasteiger partial charge in [0.25, 0.3) is 5.91 Å². The number of thiophene rings is 1. The molecule has 5 nitrogen and oxygen atoms in total. The lowest BCUT2D eigenvalue weighted by Crippen LogP contribution is -2.67. The van der Waals surface area contributed by atoms with Gasteiger partial charge in [0.05, 0.1) is 10.9 Å². The largest absolute Gasteiger partial charge is 0.467 e. The first-order chi connectivity index (χ1) is 14.0. The summed E-state index contributed by atoms with van der Waals surface area (Å²) in [4.78, 5) is 30.7. The van der Waals surface area contributed by atoms with E-state index in [2.05, 4.69) is 0 Å². The summed E-state index contributed by atoms with van der Waals surface area (Å²) >= 11 is 1.34. The molecule has 0 saturated carbocycles. The van der Waals surface area contributed by atoms with Gasteiger partial charge in [-0.1, -0.05) is 42.0 Å². The number of amides is 3. The van der Waals surface area contributed by atoms with Crippen LogP contribution in [0.15, 0.2) is 66.0 Å². The van der Waals surface area contributed by atoms with Gasteiger partial charge in [-0.05, 0) is 43.5 Å². The second kappa shape index (κ2) is 6.46. The standard InChI is InChI=1S/C23H20N2O3S/c1-15-9-11-16(12-10-15)25-22(27)24(21(26)20-8-5-13-29-20)18-14-23(25,2)28-19-7-4-3-6-17(18)19/h3-13,18H,14H2,1-2H3. The molecule has 2 aromatic carbocycles. The number of hydrogen-bond donors (Lipinski definition) is 0. The summed E-state index contributed by atoms with van der Waals surface area (Å²) in [5.41, 5.74) is 1.80. The molecule has 1 aromatic heterocycles. The predicted octanol–water partition coefficient (Wildman–Crippen LogP) is 5.38. The number of urea groups is 1. The highest BCUT2D eigenvalue weighted by Crippen LogP contribution is 2.49. The fourth-order valence-corrected chi connectivity index (χ4v) is 4.89. The molecule has 0 radical (unpaired) electrons. The third-order valence-electron chi connectivity index (χ3n) is 5.60. The quantitative estimate of drug-likeness (QED) is 0.576. The molecule has 2 aliphatic rings. The van der Waals surface area contributed by atoms with E-state index in [1.165, 1.54) is 16.2 Å². The van der Waals surface area contributed by atoms with Crippen molar-refractivity contribution in [2.45, 2.75) is 32.0 Å². The van der Waals surface area contributed by atoms with E-state index >= 15 is 0 Å². The molecule has 1 saturated heterocycles. The van der Waals surface area contributed by atoms with Crippen LogP contribution in [0.3, 0.4) is 0 Å². The first-order valence-electron chi connectivity index (χ1n) is 9.54. The summed E-state index contributed by atoms with van der Waals surface area (Å²) in [6, 6.07) is 18.2. The van der Waals surface area contributed by atoms with Crippen LogP contribution < -0.4 is 9.64 Å². The zero-order valence-corrected chi connectivity index (χ0v) is 17.0. The highest BCUT2D eigenvalue weighted by atomic mass is 32.1. The highest BCUT2D eigenvalue weighted by Gasteiger charge is 2.55. The Bertz CT molecular complexity index is 1090. The van der Waals surface area contributed by atoms with Crippen LogP contribution in [0.5, 0.6) is 5.75 Å². The number of aryl methyl sites for hydroxylation is 1. The van der Waals surface area contributed by atoms with Gasteiger partial charge in [-0.25, -0.2) is 4.79 Å². The van der Waals surface area contributed by atoms with E-state index in [0.29, 0.717) is 22.7 Å². The first-order valence-corrected chi connectivity index (χ1v) is 10.4. The average Bonchev–Trinajstić information content (AvgIpc) is 3.24. The molecule has 3 amide bonds. The number of ether oxygens (including phenoxy) is 1. The van der Waals surface area contributed by atoms with E-state index in [1.54, 1.807) is 11.0 Å². The minimum absolute atomic E-state index is 0.272. The second-order valence-electron chi connectivity index (χ2n) is 7.64. The van der Waals surface area contributed by atoms with Crippen molar-refractivity contribution in [3.05, 3.63) is 82.0 Å². The van der Waals surface area contributed by atoms with E-state index in [4.69, 9.17) is 4.74 Å². The molecular formula is C23H20N2O3S. The molecule has 5 rings (SSSR count). The number of carbonyl (C=O) groups is 2. The number of anilines is 1. The molecule has 0 aliphatic carbocycles. The van der Waals surface area contributed by atoms with E-state index in [-0.39, 0.29) is 18.0 Å². The number of rotatable bonds is 2. The van der Waals surface area contributed by atoms with Crippen molar-refractivity contribution >= 4 is 29.0 Å². The van der Waals surface area contributed by atoms with Crippen molar-refractivity contribution in [2.24, 2.45) is 0 Å².